The first-order chi connectivity index (χ1) is 13.6. The van der Waals surface area contributed by atoms with Crippen molar-refractivity contribution in [2.75, 3.05) is 20.8 Å². The van der Waals surface area contributed by atoms with Crippen molar-refractivity contribution >= 4 is 34.2 Å². The van der Waals surface area contributed by atoms with Crippen LogP contribution in [0.25, 0.3) is 10.1 Å². The van der Waals surface area contributed by atoms with Crippen molar-refractivity contribution in [3.05, 3.63) is 46.8 Å². The average molecular weight is 397 g/mol. The highest BCUT2D eigenvalue weighted by Crippen LogP contribution is 2.44. The van der Waals surface area contributed by atoms with Crippen LogP contribution in [-0.4, -0.2) is 33.2 Å². The summed E-state index contributed by atoms with van der Waals surface area (Å²) in [6.45, 7) is 4.68. The molecule has 4 nitrogen and oxygen atoms in total. The number of rotatable bonds is 9. The molecule has 0 aliphatic rings. The van der Waals surface area contributed by atoms with Crippen LogP contribution < -0.4 is 19.7 Å². The molecule has 0 saturated heterocycles. The Balaban J connectivity index is 2.08. The van der Waals surface area contributed by atoms with E-state index in [1.54, 1.807) is 25.6 Å². The molecule has 0 amide bonds. The van der Waals surface area contributed by atoms with E-state index in [1.165, 1.54) is 0 Å². The van der Waals surface area contributed by atoms with Gasteiger partial charge in [0.25, 0.3) is 0 Å². The maximum atomic E-state index is 11.2. The van der Waals surface area contributed by atoms with Crippen LogP contribution in [-0.2, 0) is 0 Å². The number of hydrogen-bond donors (Lipinski definition) is 1. The summed E-state index contributed by atoms with van der Waals surface area (Å²) in [6.07, 6.45) is 1.19. The Morgan fingerprint density at radius 3 is 2.46 bits per heavy atom. The second-order valence-electron chi connectivity index (χ2n) is 6.53. The molecule has 2 aromatic carbocycles. The van der Waals surface area contributed by atoms with Gasteiger partial charge in [-0.3, -0.25) is 0 Å². The normalized spacial score (nSPS) is 12.0. The van der Waals surface area contributed by atoms with Crippen LogP contribution in [0.4, 0.5) is 0 Å². The Kier molecular flexibility index (Phi) is 6.86. The van der Waals surface area contributed by atoms with Gasteiger partial charge in [0.1, 0.15) is 6.10 Å². The fourth-order valence-electron chi connectivity index (χ4n) is 3.24. The molecule has 1 N–H and O–H groups in total. The topological polar surface area (TPSA) is 47.9 Å². The molecular weight excluding hydrogens is 371 g/mol. The van der Waals surface area contributed by atoms with Crippen LogP contribution in [0.1, 0.15) is 36.3 Å². The van der Waals surface area contributed by atoms with Gasteiger partial charge in [0.15, 0.2) is 18.8 Å². The molecule has 1 aromatic heterocycles. The summed E-state index contributed by atoms with van der Waals surface area (Å²) in [7, 11) is 5.15. The van der Waals surface area contributed by atoms with E-state index in [4.69, 9.17) is 14.2 Å². The molecule has 0 saturated carbocycles. The van der Waals surface area contributed by atoms with Crippen LogP contribution in [0, 0.1) is 0 Å². The lowest BCUT2D eigenvalue weighted by Crippen LogP contribution is -2.20. The molecule has 1 heterocycles. The number of thiophene rings is 1. The molecule has 147 valence electrons. The Bertz CT molecular complexity index is 905. The SMILES string of the molecule is C[B]c1cc(C(O)c2cc3ccccc3s2)c(OC)c(OC)c1OCCCC. The molecule has 0 aliphatic heterocycles. The summed E-state index contributed by atoms with van der Waals surface area (Å²) in [5, 5.41) is 12.3. The molecule has 1 atom stereocenters. The van der Waals surface area contributed by atoms with E-state index in [0.29, 0.717) is 29.4 Å². The lowest BCUT2D eigenvalue weighted by molar-refractivity contribution is 0.215. The number of fused-ring (bicyclic) bond motifs is 1. The summed E-state index contributed by atoms with van der Waals surface area (Å²) in [5.74, 6) is 1.68. The molecule has 1 unspecified atom stereocenters. The van der Waals surface area contributed by atoms with Gasteiger partial charge in [0.2, 0.25) is 5.75 Å². The van der Waals surface area contributed by atoms with Crippen LogP contribution in [0.2, 0.25) is 6.82 Å². The molecule has 3 aromatic rings. The van der Waals surface area contributed by atoms with Crippen molar-refractivity contribution in [2.24, 2.45) is 0 Å². The van der Waals surface area contributed by atoms with Gasteiger partial charge in [-0.25, -0.2) is 0 Å². The first-order valence-corrected chi connectivity index (χ1v) is 10.3. The highest BCUT2D eigenvalue weighted by Gasteiger charge is 2.26. The number of aliphatic hydroxyl groups excluding tert-OH is 1. The van der Waals surface area contributed by atoms with Gasteiger partial charge in [0.05, 0.1) is 20.8 Å². The van der Waals surface area contributed by atoms with E-state index in [0.717, 1.165) is 33.3 Å². The maximum Gasteiger partial charge on any atom is 0.203 e. The maximum absolute atomic E-state index is 11.2. The van der Waals surface area contributed by atoms with Gasteiger partial charge in [-0.1, -0.05) is 44.4 Å². The van der Waals surface area contributed by atoms with Crippen molar-refractivity contribution < 1.29 is 19.3 Å². The highest BCUT2D eigenvalue weighted by atomic mass is 32.1. The van der Waals surface area contributed by atoms with E-state index in [2.05, 4.69) is 19.1 Å². The molecule has 0 spiro atoms. The number of benzene rings is 2. The third-order valence-corrected chi connectivity index (χ3v) is 5.89. The lowest BCUT2D eigenvalue weighted by atomic mass is 9.71. The number of ether oxygens (including phenoxy) is 3. The average Bonchev–Trinajstić information content (AvgIpc) is 3.16. The molecule has 3 rings (SSSR count). The fraction of sp³-hybridized carbons (Fsp3) is 0.364. The smallest absolute Gasteiger partial charge is 0.203 e. The fourth-order valence-corrected chi connectivity index (χ4v) is 4.31. The lowest BCUT2D eigenvalue weighted by Gasteiger charge is -2.22. The summed E-state index contributed by atoms with van der Waals surface area (Å²) < 4.78 is 18.5. The summed E-state index contributed by atoms with van der Waals surface area (Å²) in [5.41, 5.74) is 1.55. The van der Waals surface area contributed by atoms with E-state index < -0.39 is 6.10 Å². The molecule has 0 fully saturated rings. The van der Waals surface area contributed by atoms with E-state index in [1.807, 2.05) is 38.4 Å². The molecular formula is C22H26BO4S. The van der Waals surface area contributed by atoms with Crippen LogP contribution in [0.5, 0.6) is 17.2 Å². The molecule has 6 heteroatoms. The largest absolute Gasteiger partial charge is 0.492 e. The minimum atomic E-state index is -0.815. The molecule has 1 radical (unpaired) electrons. The van der Waals surface area contributed by atoms with Crippen molar-refractivity contribution in [3.8, 4) is 17.2 Å². The van der Waals surface area contributed by atoms with E-state index in [9.17, 15) is 5.11 Å². The molecule has 0 aliphatic carbocycles. The summed E-state index contributed by atoms with van der Waals surface area (Å²) in [4.78, 5) is 0.864. The summed E-state index contributed by atoms with van der Waals surface area (Å²) >= 11 is 1.58. The first-order valence-electron chi connectivity index (χ1n) is 9.52. The summed E-state index contributed by atoms with van der Waals surface area (Å²) in [6, 6.07) is 12.1. The van der Waals surface area contributed by atoms with E-state index in [-0.39, 0.29) is 0 Å². The standard InChI is InChI=1S/C22H26BO4S/c1-5-6-11-27-21-16(23-2)13-15(20(25-3)22(21)26-4)19(24)18-12-14-9-7-8-10-17(14)28-18/h7-10,12-13,19,24H,5-6,11H2,1-4H3. The quantitative estimate of drug-likeness (QED) is 0.425. The first kappa shape index (κ1) is 20.6. The zero-order valence-corrected chi connectivity index (χ0v) is 17.6. The minimum absolute atomic E-state index is 0.504. The molecule has 0 bridgehead atoms. The monoisotopic (exact) mass is 397 g/mol. The predicted octanol–water partition coefficient (Wildman–Crippen LogP) is 4.56. The predicted molar refractivity (Wildman–Crippen MR) is 117 cm³/mol. The number of aliphatic hydroxyl groups is 1. The number of unbranched alkanes of at least 4 members (excludes halogenated alkanes) is 1. The Morgan fingerprint density at radius 2 is 1.82 bits per heavy atom. The van der Waals surface area contributed by atoms with Gasteiger partial charge in [-0.05, 0) is 29.4 Å². The Morgan fingerprint density at radius 1 is 1.07 bits per heavy atom. The minimum Gasteiger partial charge on any atom is -0.492 e. The number of methoxy groups -OCH3 is 2. The Labute approximate surface area is 171 Å². The number of hydrogen-bond acceptors (Lipinski definition) is 5. The van der Waals surface area contributed by atoms with Crippen molar-refractivity contribution in [2.45, 2.75) is 32.7 Å². The zero-order chi connectivity index (χ0) is 20.1. The second-order valence-corrected chi connectivity index (χ2v) is 7.65. The van der Waals surface area contributed by atoms with Gasteiger partial charge < -0.3 is 19.3 Å². The van der Waals surface area contributed by atoms with Crippen LogP contribution in [0.3, 0.4) is 0 Å². The highest BCUT2D eigenvalue weighted by molar-refractivity contribution is 7.19. The van der Waals surface area contributed by atoms with Crippen molar-refractivity contribution in [3.63, 3.8) is 0 Å². The van der Waals surface area contributed by atoms with Crippen LogP contribution >= 0.6 is 11.3 Å². The van der Waals surface area contributed by atoms with Crippen molar-refractivity contribution in [1.29, 1.82) is 0 Å². The second kappa shape index (κ2) is 9.35. The van der Waals surface area contributed by atoms with Gasteiger partial charge in [-0.15, -0.1) is 11.3 Å². The van der Waals surface area contributed by atoms with Crippen LogP contribution in [0.15, 0.2) is 36.4 Å². The third-order valence-electron chi connectivity index (χ3n) is 4.72. The van der Waals surface area contributed by atoms with Gasteiger partial charge in [-0.2, -0.15) is 0 Å². The Hall–Kier alpha value is -2.18. The zero-order valence-electron chi connectivity index (χ0n) is 16.8. The van der Waals surface area contributed by atoms with Gasteiger partial charge in [0, 0.05) is 15.1 Å². The van der Waals surface area contributed by atoms with E-state index >= 15 is 0 Å². The third kappa shape index (κ3) is 3.98. The van der Waals surface area contributed by atoms with Crippen molar-refractivity contribution in [1.82, 2.24) is 0 Å². The van der Waals surface area contributed by atoms with Gasteiger partial charge >= 0.3 is 0 Å². The molecule has 28 heavy (non-hydrogen) atoms.